The first-order chi connectivity index (χ1) is 13.7. The largest absolute Gasteiger partial charge is 0.497 e. The van der Waals surface area contributed by atoms with Crippen LogP contribution in [0.1, 0.15) is 5.56 Å². The van der Waals surface area contributed by atoms with E-state index in [2.05, 4.69) is 14.9 Å². The van der Waals surface area contributed by atoms with Crippen LogP contribution in [0.2, 0.25) is 0 Å². The van der Waals surface area contributed by atoms with Crippen LogP contribution < -0.4 is 10.1 Å². The van der Waals surface area contributed by atoms with Crippen LogP contribution in [0.4, 0.5) is 0 Å². The van der Waals surface area contributed by atoms with Crippen molar-refractivity contribution in [3.63, 3.8) is 0 Å². The molecule has 3 aromatic rings. The average molecular weight is 400 g/mol. The monoisotopic (exact) mass is 399 g/mol. The van der Waals surface area contributed by atoms with Gasteiger partial charge >= 0.3 is 0 Å². The van der Waals surface area contributed by atoms with Crippen LogP contribution in [0.5, 0.6) is 5.75 Å². The van der Waals surface area contributed by atoms with Gasteiger partial charge in [0.25, 0.3) is 0 Å². The summed E-state index contributed by atoms with van der Waals surface area (Å²) in [7, 11) is 3.33. The van der Waals surface area contributed by atoms with E-state index in [1.165, 1.54) is 11.8 Å². The van der Waals surface area contributed by atoms with Crippen molar-refractivity contribution in [3.8, 4) is 5.75 Å². The molecule has 0 radical (unpaired) electrons. The lowest BCUT2D eigenvalue weighted by atomic mass is 10.1. The number of aromatic nitrogens is 2. The highest BCUT2D eigenvalue weighted by Crippen LogP contribution is 2.23. The standard InChI is InChI=1S/C21H25N3O3S/c1-26-14-13-24-19-6-4-3-5-18(19)23-21(24)28-15-20(25)22-12-11-16-7-9-17(27-2)10-8-16/h3-10H,11-15H2,1-2H3,(H,22,25). The Morgan fingerprint density at radius 2 is 1.93 bits per heavy atom. The number of carbonyl (C=O) groups is 1. The molecule has 1 amide bonds. The number of fused-ring (bicyclic) bond motifs is 1. The summed E-state index contributed by atoms with van der Waals surface area (Å²) in [6, 6.07) is 15.9. The van der Waals surface area contributed by atoms with E-state index in [1.807, 2.05) is 48.5 Å². The van der Waals surface area contributed by atoms with Gasteiger partial charge in [0.05, 0.1) is 30.5 Å². The van der Waals surface area contributed by atoms with Crippen molar-refractivity contribution in [3.05, 3.63) is 54.1 Å². The molecule has 0 aliphatic rings. The van der Waals surface area contributed by atoms with E-state index >= 15 is 0 Å². The third-order valence-electron chi connectivity index (χ3n) is 4.37. The lowest BCUT2D eigenvalue weighted by Gasteiger charge is -2.09. The minimum absolute atomic E-state index is 0.00357. The van der Waals surface area contributed by atoms with Gasteiger partial charge in [-0.25, -0.2) is 4.98 Å². The van der Waals surface area contributed by atoms with Crippen molar-refractivity contribution >= 4 is 28.7 Å². The summed E-state index contributed by atoms with van der Waals surface area (Å²) < 4.78 is 12.5. The van der Waals surface area contributed by atoms with Crippen LogP contribution in [0, 0.1) is 0 Å². The van der Waals surface area contributed by atoms with Gasteiger partial charge in [0.1, 0.15) is 5.75 Å². The molecule has 0 aliphatic carbocycles. The number of imidazole rings is 1. The van der Waals surface area contributed by atoms with E-state index < -0.39 is 0 Å². The summed E-state index contributed by atoms with van der Waals surface area (Å²) in [4.78, 5) is 16.9. The zero-order chi connectivity index (χ0) is 19.8. The fourth-order valence-corrected chi connectivity index (χ4v) is 3.75. The summed E-state index contributed by atoms with van der Waals surface area (Å²) in [5, 5.41) is 3.81. The van der Waals surface area contributed by atoms with Gasteiger partial charge in [-0.15, -0.1) is 0 Å². The predicted molar refractivity (Wildman–Crippen MR) is 112 cm³/mol. The smallest absolute Gasteiger partial charge is 0.230 e. The fourth-order valence-electron chi connectivity index (χ4n) is 2.88. The third kappa shape index (κ3) is 5.27. The second-order valence-electron chi connectivity index (χ2n) is 6.26. The number of nitrogens with zero attached hydrogens (tertiary/aromatic N) is 2. The van der Waals surface area contributed by atoms with E-state index in [0.29, 0.717) is 25.4 Å². The van der Waals surface area contributed by atoms with Crippen LogP contribution in [0.25, 0.3) is 11.0 Å². The second-order valence-corrected chi connectivity index (χ2v) is 7.21. The number of thioether (sulfide) groups is 1. The quantitative estimate of drug-likeness (QED) is 0.531. The Labute approximate surface area is 169 Å². The van der Waals surface area contributed by atoms with Crippen LogP contribution in [-0.4, -0.2) is 48.6 Å². The number of ether oxygens (including phenoxy) is 2. The van der Waals surface area contributed by atoms with Crippen LogP contribution in [0.15, 0.2) is 53.7 Å². The number of benzene rings is 2. The third-order valence-corrected chi connectivity index (χ3v) is 5.34. The highest BCUT2D eigenvalue weighted by atomic mass is 32.2. The molecule has 0 fully saturated rings. The Kier molecular flexibility index (Phi) is 7.33. The van der Waals surface area contributed by atoms with Crippen LogP contribution >= 0.6 is 11.8 Å². The molecule has 0 bridgehead atoms. The number of hydrogen-bond donors (Lipinski definition) is 1. The van der Waals surface area contributed by atoms with Gasteiger partial charge in [-0.2, -0.15) is 0 Å². The van der Waals surface area contributed by atoms with Crippen molar-refractivity contribution in [1.82, 2.24) is 14.9 Å². The molecule has 0 saturated heterocycles. The first-order valence-electron chi connectivity index (χ1n) is 9.18. The van der Waals surface area contributed by atoms with Gasteiger partial charge in [-0.1, -0.05) is 36.0 Å². The molecule has 1 N–H and O–H groups in total. The molecule has 7 heteroatoms. The molecule has 0 aliphatic heterocycles. The van der Waals surface area contributed by atoms with Crippen molar-refractivity contribution in [1.29, 1.82) is 0 Å². The first kappa shape index (κ1) is 20.2. The Morgan fingerprint density at radius 1 is 1.14 bits per heavy atom. The lowest BCUT2D eigenvalue weighted by molar-refractivity contribution is -0.118. The maximum atomic E-state index is 12.2. The molecule has 0 spiro atoms. The minimum atomic E-state index is 0.00357. The van der Waals surface area contributed by atoms with Crippen molar-refractivity contribution in [2.24, 2.45) is 0 Å². The summed E-state index contributed by atoms with van der Waals surface area (Å²) in [6.07, 6.45) is 0.784. The van der Waals surface area contributed by atoms with Crippen molar-refractivity contribution < 1.29 is 14.3 Å². The number of amides is 1. The van der Waals surface area contributed by atoms with E-state index in [-0.39, 0.29) is 5.91 Å². The molecule has 1 aromatic heterocycles. The molecule has 2 aromatic carbocycles. The highest BCUT2D eigenvalue weighted by Gasteiger charge is 2.12. The molecule has 1 heterocycles. The first-order valence-corrected chi connectivity index (χ1v) is 10.2. The van der Waals surface area contributed by atoms with E-state index in [4.69, 9.17) is 9.47 Å². The molecule has 0 saturated carbocycles. The van der Waals surface area contributed by atoms with Gasteiger partial charge in [0.2, 0.25) is 5.91 Å². The number of methoxy groups -OCH3 is 2. The average Bonchev–Trinajstić information content (AvgIpc) is 3.08. The molecule has 28 heavy (non-hydrogen) atoms. The number of hydrogen-bond acceptors (Lipinski definition) is 5. The Balaban J connectivity index is 1.52. The van der Waals surface area contributed by atoms with E-state index in [0.717, 1.165) is 33.9 Å². The SMILES string of the molecule is COCCn1c(SCC(=O)NCCc2ccc(OC)cc2)nc2ccccc21. The maximum Gasteiger partial charge on any atom is 0.230 e. The van der Waals surface area contributed by atoms with Crippen molar-refractivity contribution in [2.75, 3.05) is 33.1 Å². The Bertz CT molecular complexity index is 909. The van der Waals surface area contributed by atoms with Crippen LogP contribution in [0.3, 0.4) is 0 Å². The van der Waals surface area contributed by atoms with Crippen molar-refractivity contribution in [2.45, 2.75) is 18.1 Å². The molecular weight excluding hydrogens is 374 g/mol. The number of rotatable bonds is 10. The molecular formula is C21H25N3O3S. The Hall–Kier alpha value is -2.51. The number of carbonyl (C=O) groups excluding carboxylic acids is 1. The second kappa shape index (κ2) is 10.1. The van der Waals surface area contributed by atoms with Gasteiger partial charge in [0, 0.05) is 20.2 Å². The minimum Gasteiger partial charge on any atom is -0.497 e. The maximum absolute atomic E-state index is 12.2. The molecule has 6 nitrogen and oxygen atoms in total. The zero-order valence-corrected chi connectivity index (χ0v) is 17.0. The normalized spacial score (nSPS) is 10.9. The summed E-state index contributed by atoms with van der Waals surface area (Å²) in [6.45, 7) is 1.91. The van der Waals surface area contributed by atoms with E-state index in [9.17, 15) is 4.79 Å². The summed E-state index contributed by atoms with van der Waals surface area (Å²) in [5.74, 6) is 1.17. The predicted octanol–water partition coefficient (Wildman–Crippen LogP) is 3.14. The highest BCUT2D eigenvalue weighted by molar-refractivity contribution is 7.99. The van der Waals surface area contributed by atoms with E-state index in [1.54, 1.807) is 14.2 Å². The number of nitrogens with one attached hydrogen (secondary N) is 1. The molecule has 3 rings (SSSR count). The van der Waals surface area contributed by atoms with Gasteiger partial charge in [-0.05, 0) is 36.2 Å². The van der Waals surface area contributed by atoms with Crippen LogP contribution in [-0.2, 0) is 22.5 Å². The number of para-hydroxylation sites is 2. The summed E-state index contributed by atoms with van der Waals surface area (Å²) in [5.41, 5.74) is 3.15. The topological polar surface area (TPSA) is 65.4 Å². The fraction of sp³-hybridized carbons (Fsp3) is 0.333. The van der Waals surface area contributed by atoms with Gasteiger partial charge < -0.3 is 19.4 Å². The van der Waals surface area contributed by atoms with Gasteiger partial charge in [-0.3, -0.25) is 4.79 Å². The lowest BCUT2D eigenvalue weighted by Crippen LogP contribution is -2.27. The Morgan fingerprint density at radius 3 is 2.68 bits per heavy atom. The zero-order valence-electron chi connectivity index (χ0n) is 16.2. The molecule has 148 valence electrons. The van der Waals surface area contributed by atoms with Gasteiger partial charge in [0.15, 0.2) is 5.16 Å². The molecule has 0 unspecified atom stereocenters. The summed E-state index contributed by atoms with van der Waals surface area (Å²) >= 11 is 1.45. The molecule has 0 atom stereocenters.